The number of phosphoric acid groups is 1. The number of piperazine rings is 1. The number of nitrogens with zero attached hydrogens (tertiary/aromatic N) is 4. The number of hydrogen-bond acceptors (Lipinski definition) is 11. The van der Waals surface area contributed by atoms with Crippen LogP contribution in [0, 0.1) is 12.8 Å². The van der Waals surface area contributed by atoms with Crippen molar-refractivity contribution in [3.05, 3.63) is 138 Å². The zero-order valence-electron chi connectivity index (χ0n) is 41.9. The minimum absolute atomic E-state index is 0.0112. The largest absolute Gasteiger partial charge is 0.478 e. The Morgan fingerprint density at radius 3 is 2.14 bits per heavy atom. The summed E-state index contributed by atoms with van der Waals surface area (Å²) in [5, 5.41) is 14.7. The summed E-state index contributed by atoms with van der Waals surface area (Å²) >= 11 is 7.95. The number of nitrogens with one attached hydrogen (secondary N) is 2. The highest BCUT2D eigenvalue weighted by Crippen LogP contribution is 2.43. The lowest BCUT2D eigenvalue weighted by molar-refractivity contribution is 0.0696. The Morgan fingerprint density at radius 2 is 1.51 bits per heavy atom. The number of piperidine rings is 1. The lowest BCUT2D eigenvalue weighted by atomic mass is 9.96. The van der Waals surface area contributed by atoms with Crippen molar-refractivity contribution in [2.75, 3.05) is 84.3 Å². The van der Waals surface area contributed by atoms with Gasteiger partial charge in [-0.2, -0.15) is 0 Å². The molecular weight excluding hydrogens is 1040 g/mol. The first-order valence-corrected chi connectivity index (χ1v) is 30.6. The van der Waals surface area contributed by atoms with Crippen LogP contribution in [0.15, 0.2) is 136 Å². The number of aromatic nitrogens is 1. The quantitative estimate of drug-likeness (QED) is 0.0337. The summed E-state index contributed by atoms with van der Waals surface area (Å²) in [7, 11) is -10.1. The van der Waals surface area contributed by atoms with E-state index in [1.165, 1.54) is 6.07 Å². The molecule has 6 aromatic rings. The van der Waals surface area contributed by atoms with Gasteiger partial charge in [0.15, 0.2) is 9.84 Å². The molecule has 15 nitrogen and oxygen atoms in total. The Kier molecular flexibility index (Phi) is 18.1. The van der Waals surface area contributed by atoms with Crippen LogP contribution in [0.5, 0.6) is 0 Å². The van der Waals surface area contributed by atoms with E-state index in [0.717, 1.165) is 98.0 Å². The number of carbonyl (C=O) groups is 1. The van der Waals surface area contributed by atoms with Crippen molar-refractivity contribution in [1.29, 1.82) is 0 Å². The molecule has 2 atom stereocenters. The van der Waals surface area contributed by atoms with Crippen LogP contribution in [-0.2, 0) is 29.9 Å². The van der Waals surface area contributed by atoms with Gasteiger partial charge in [0.05, 0.1) is 33.3 Å². The third-order valence-corrected chi connectivity index (χ3v) is 17.8. The number of sulfone groups is 1. The van der Waals surface area contributed by atoms with Crippen molar-refractivity contribution in [1.82, 2.24) is 9.47 Å². The van der Waals surface area contributed by atoms with Crippen molar-refractivity contribution in [3.63, 3.8) is 0 Å². The van der Waals surface area contributed by atoms with Gasteiger partial charge in [-0.05, 0) is 149 Å². The maximum absolute atomic E-state index is 13.8. The van der Waals surface area contributed by atoms with E-state index >= 15 is 0 Å². The van der Waals surface area contributed by atoms with Crippen molar-refractivity contribution in [2.45, 2.75) is 66.8 Å². The Bertz CT molecular complexity index is 3090. The first-order valence-electron chi connectivity index (χ1n) is 24.6. The Balaban J connectivity index is 0.906. The molecule has 0 amide bonds. The van der Waals surface area contributed by atoms with Crippen LogP contribution >= 0.6 is 31.2 Å². The van der Waals surface area contributed by atoms with Crippen LogP contribution < -0.4 is 19.8 Å². The number of thioether (sulfide) groups is 1. The molecule has 0 saturated carbocycles. The summed E-state index contributed by atoms with van der Waals surface area (Å²) in [6.45, 7) is 11.2. The monoisotopic (exact) mass is 1100 g/mol. The summed E-state index contributed by atoms with van der Waals surface area (Å²) in [6, 6.07) is 38.1. The molecule has 3 heterocycles. The normalized spacial score (nSPS) is 15.8. The van der Waals surface area contributed by atoms with Crippen LogP contribution in [0.4, 0.5) is 22.7 Å². The average Bonchev–Trinajstić information content (AvgIpc) is 3.71. The molecule has 20 heteroatoms. The van der Waals surface area contributed by atoms with E-state index < -0.39 is 34.6 Å². The standard InChI is InChI=1S/C54H64ClN6O9PS3/c1-37(2)61-38(3)51(54(62)63)52(53(61)40-13-15-42(55)16-14-40)41-9-8-10-46(33-41)60-31-29-59(30-32-60)45-19-17-43(18-20-45)57-73(67)48-21-22-49(50(34-48)74(4,68)69)56-44(36-72-47-11-6-5-7-12-47)25-28-58-26-23-39(24-27-58)35-70-71(64,65)66/h5-22,33-34,37,39,44,56-57H,23-32,35-36H2,1-4H3,(H,62,63)(H2,64,65,66)/t44-,73?/m1/s1. The van der Waals surface area contributed by atoms with Gasteiger partial charge < -0.3 is 44.2 Å². The molecule has 2 fully saturated rings. The predicted octanol–water partition coefficient (Wildman–Crippen LogP) is 10.7. The fraction of sp³-hybridized carbons (Fsp3) is 0.352. The van der Waals surface area contributed by atoms with E-state index in [-0.39, 0.29) is 35.1 Å². The molecule has 5 aromatic carbocycles. The lowest BCUT2D eigenvalue weighted by Crippen LogP contribution is -2.46. The van der Waals surface area contributed by atoms with Gasteiger partial charge in [0, 0.05) is 95.1 Å². The SMILES string of the molecule is Cc1c(C(=O)O)c(-c2cccc(N3CCN(c4ccc(NS(=O)c5ccc(N[C@H](CCN6CCC(COP(=O)(O)O)CC6)CSc6ccccc6)c(S(C)(=O)=O)c5)cc4)CC3)c2)c(-c2ccc(Cl)cc2)n1C(C)C. The highest BCUT2D eigenvalue weighted by Gasteiger charge is 2.30. The maximum Gasteiger partial charge on any atom is 0.469 e. The van der Waals surface area contributed by atoms with E-state index in [1.807, 2.05) is 97.9 Å². The van der Waals surface area contributed by atoms with Crippen LogP contribution in [0.25, 0.3) is 22.4 Å². The van der Waals surface area contributed by atoms with E-state index in [1.54, 1.807) is 23.9 Å². The summed E-state index contributed by atoms with van der Waals surface area (Å²) in [5.41, 5.74) is 7.27. The fourth-order valence-electron chi connectivity index (χ4n) is 9.87. The van der Waals surface area contributed by atoms with Gasteiger partial charge in [-0.1, -0.05) is 54.1 Å². The second-order valence-corrected chi connectivity index (χ2v) is 25.1. The maximum atomic E-state index is 13.8. The summed E-state index contributed by atoms with van der Waals surface area (Å²) in [6.07, 6.45) is 3.37. The van der Waals surface area contributed by atoms with Crippen molar-refractivity contribution in [3.8, 4) is 22.4 Å². The van der Waals surface area contributed by atoms with Crippen LogP contribution in [0.1, 0.15) is 55.2 Å². The van der Waals surface area contributed by atoms with Crippen molar-refractivity contribution < 1.29 is 41.4 Å². The van der Waals surface area contributed by atoms with E-state index in [9.17, 15) is 27.1 Å². The Labute approximate surface area is 446 Å². The Morgan fingerprint density at radius 1 is 0.851 bits per heavy atom. The molecule has 2 saturated heterocycles. The average molecular weight is 1100 g/mol. The van der Waals surface area contributed by atoms with Gasteiger partial charge in [-0.25, -0.2) is 22.0 Å². The number of anilines is 4. The smallest absolute Gasteiger partial charge is 0.469 e. The number of benzene rings is 5. The zero-order valence-corrected chi connectivity index (χ0v) is 46.0. The highest BCUT2D eigenvalue weighted by atomic mass is 35.5. The summed E-state index contributed by atoms with van der Waals surface area (Å²) in [5.74, 6) is -0.247. The third kappa shape index (κ3) is 14.0. The van der Waals surface area contributed by atoms with Crippen LogP contribution in [-0.4, -0.2) is 113 Å². The topological polar surface area (TPSA) is 194 Å². The number of aromatic carboxylic acids is 1. The molecule has 2 aliphatic heterocycles. The molecule has 0 aliphatic carbocycles. The Hall–Kier alpha value is -5.14. The molecule has 1 unspecified atom stereocenters. The number of phosphoric ester groups is 1. The summed E-state index contributed by atoms with van der Waals surface area (Å²) in [4.78, 5) is 39.5. The first kappa shape index (κ1) is 55.1. The number of carboxylic acid groups (broad SMARTS) is 1. The zero-order chi connectivity index (χ0) is 52.7. The molecule has 5 N–H and O–H groups in total. The third-order valence-electron chi connectivity index (χ3n) is 13.6. The molecule has 394 valence electrons. The number of likely N-dealkylation sites (tertiary alicyclic amines) is 1. The second-order valence-electron chi connectivity index (χ2n) is 19.2. The van der Waals surface area contributed by atoms with Crippen molar-refractivity contribution >= 4 is 80.7 Å². The molecule has 0 spiro atoms. The van der Waals surface area contributed by atoms with Gasteiger partial charge in [0.2, 0.25) is 0 Å². The molecule has 74 heavy (non-hydrogen) atoms. The van der Waals surface area contributed by atoms with E-state index in [2.05, 4.69) is 55.3 Å². The van der Waals surface area contributed by atoms with E-state index in [0.29, 0.717) is 44.7 Å². The highest BCUT2D eigenvalue weighted by molar-refractivity contribution is 7.99. The predicted molar refractivity (Wildman–Crippen MR) is 299 cm³/mol. The van der Waals surface area contributed by atoms with Crippen LogP contribution in [0.3, 0.4) is 0 Å². The van der Waals surface area contributed by atoms with Crippen molar-refractivity contribution in [2.24, 2.45) is 5.92 Å². The molecule has 0 radical (unpaired) electrons. The van der Waals surface area contributed by atoms with Crippen LogP contribution in [0.2, 0.25) is 5.02 Å². The van der Waals surface area contributed by atoms with Gasteiger partial charge in [0.1, 0.15) is 11.0 Å². The van der Waals surface area contributed by atoms with Gasteiger partial charge in [-0.15, -0.1) is 11.8 Å². The minimum Gasteiger partial charge on any atom is -0.478 e. The number of carboxylic acids is 1. The van der Waals surface area contributed by atoms with E-state index in [4.69, 9.17) is 25.9 Å². The van der Waals surface area contributed by atoms with Gasteiger partial charge >= 0.3 is 13.8 Å². The molecule has 0 bridgehead atoms. The number of halogens is 1. The van der Waals surface area contributed by atoms with Gasteiger partial charge in [0.25, 0.3) is 0 Å². The fourth-order valence-corrected chi connectivity index (χ4v) is 13.2. The first-order chi connectivity index (χ1) is 35.3. The lowest BCUT2D eigenvalue weighted by Gasteiger charge is -2.37. The molecule has 8 rings (SSSR count). The number of rotatable bonds is 21. The minimum atomic E-state index is -4.52. The van der Waals surface area contributed by atoms with Gasteiger partial charge in [-0.3, -0.25) is 4.52 Å². The second kappa shape index (κ2) is 24.2. The number of hydrogen-bond donors (Lipinski definition) is 5. The molecule has 1 aromatic heterocycles. The molecule has 2 aliphatic rings. The molecular formula is C54H64ClN6O9PS3. The summed E-state index contributed by atoms with van der Waals surface area (Å²) < 4.78 is 61.6.